The fraction of sp³-hybridized carbons (Fsp3) is 0.455. The lowest BCUT2D eigenvalue weighted by Crippen LogP contribution is -2.55. The number of ether oxygens (including phenoxy) is 1. The maximum absolute atomic E-state index is 14.7. The van der Waals surface area contributed by atoms with E-state index in [0.29, 0.717) is 28.7 Å². The summed E-state index contributed by atoms with van der Waals surface area (Å²) < 4.78 is 75.9. The SMILES string of the molecule is COc1nc(N[C@@H]2CCN(CCO)CC2(F)F)nn2ccc(-c3ccc4nnn(CC(F)(F)F)c4c3)c12. The first kappa shape index (κ1) is 25.1. The summed E-state index contributed by atoms with van der Waals surface area (Å²) in [5.74, 6) is -3.04. The molecular weight excluding hydrogens is 503 g/mol. The van der Waals surface area contributed by atoms with E-state index in [1.165, 1.54) is 22.6 Å². The molecule has 0 unspecified atom stereocenters. The number of hydrogen-bond acceptors (Lipinski definition) is 8. The van der Waals surface area contributed by atoms with Crippen LogP contribution < -0.4 is 10.1 Å². The standard InChI is InChI=1S/C22H23F5N8O2/c1-37-19-18-14(13-2-3-15-16(10-13)35(32-30-15)12-22(25,26)27)4-7-34(18)31-20(29-19)28-17-5-6-33(8-9-36)11-21(17,23)24/h2-4,7,10,17,36H,5-6,8-9,11-12H2,1H3,(H,28,31)/t17-/m1/s1. The van der Waals surface area contributed by atoms with Gasteiger partial charge in [-0.05, 0) is 30.2 Å². The van der Waals surface area contributed by atoms with E-state index in [4.69, 9.17) is 9.84 Å². The summed E-state index contributed by atoms with van der Waals surface area (Å²) in [6, 6.07) is 5.22. The highest BCUT2D eigenvalue weighted by Gasteiger charge is 2.45. The van der Waals surface area contributed by atoms with E-state index in [0.717, 1.165) is 4.68 Å². The van der Waals surface area contributed by atoms with Crippen LogP contribution >= 0.6 is 0 Å². The Balaban J connectivity index is 1.47. The van der Waals surface area contributed by atoms with E-state index in [1.54, 1.807) is 24.4 Å². The molecule has 37 heavy (non-hydrogen) atoms. The first-order valence-electron chi connectivity index (χ1n) is 11.4. The van der Waals surface area contributed by atoms with Crippen LogP contribution in [-0.4, -0.2) is 91.1 Å². The Morgan fingerprint density at radius 1 is 1.24 bits per heavy atom. The minimum absolute atomic E-state index is 0.0605. The number of alkyl halides is 5. The van der Waals surface area contributed by atoms with E-state index in [-0.39, 0.29) is 36.9 Å². The van der Waals surface area contributed by atoms with Crippen molar-refractivity contribution in [3.8, 4) is 17.0 Å². The number of halogens is 5. The number of hydrogen-bond donors (Lipinski definition) is 2. The third-order valence-electron chi connectivity index (χ3n) is 6.22. The quantitative estimate of drug-likeness (QED) is 0.355. The Hall–Kier alpha value is -3.59. The molecule has 0 saturated carbocycles. The van der Waals surface area contributed by atoms with Crippen molar-refractivity contribution in [1.29, 1.82) is 0 Å². The highest BCUT2D eigenvalue weighted by atomic mass is 19.4. The first-order chi connectivity index (χ1) is 17.6. The predicted octanol–water partition coefficient (Wildman–Crippen LogP) is 2.83. The van der Waals surface area contributed by atoms with E-state index >= 15 is 0 Å². The molecule has 0 radical (unpaired) electrons. The second kappa shape index (κ2) is 9.37. The van der Waals surface area contributed by atoms with E-state index in [1.807, 2.05) is 0 Å². The number of aliphatic hydroxyl groups is 1. The molecule has 4 heterocycles. The van der Waals surface area contributed by atoms with Crippen LogP contribution in [-0.2, 0) is 6.54 Å². The summed E-state index contributed by atoms with van der Waals surface area (Å²) in [6.45, 7) is -1.43. The van der Waals surface area contributed by atoms with Crippen LogP contribution in [0.4, 0.5) is 27.9 Å². The Bertz CT molecular complexity index is 1420. The lowest BCUT2D eigenvalue weighted by atomic mass is 10.0. The molecule has 1 atom stereocenters. The van der Waals surface area contributed by atoms with Crippen LogP contribution in [0, 0.1) is 0 Å². The van der Waals surface area contributed by atoms with Gasteiger partial charge in [0.25, 0.3) is 5.92 Å². The highest BCUT2D eigenvalue weighted by molar-refractivity contribution is 5.89. The van der Waals surface area contributed by atoms with Gasteiger partial charge in [0.15, 0.2) is 0 Å². The fourth-order valence-electron chi connectivity index (χ4n) is 4.52. The zero-order valence-corrected chi connectivity index (χ0v) is 19.6. The average Bonchev–Trinajstić information content (AvgIpc) is 3.43. The van der Waals surface area contributed by atoms with Gasteiger partial charge < -0.3 is 15.2 Å². The number of aromatic nitrogens is 6. The molecule has 1 aromatic carbocycles. The number of methoxy groups -OCH3 is 1. The van der Waals surface area contributed by atoms with Gasteiger partial charge in [-0.15, -0.1) is 10.2 Å². The number of rotatable bonds is 7. The van der Waals surface area contributed by atoms with Crippen molar-refractivity contribution in [2.75, 3.05) is 38.7 Å². The van der Waals surface area contributed by atoms with Crippen molar-refractivity contribution in [3.05, 3.63) is 30.5 Å². The van der Waals surface area contributed by atoms with Crippen molar-refractivity contribution in [2.24, 2.45) is 0 Å². The third kappa shape index (κ3) is 5.00. The fourth-order valence-corrected chi connectivity index (χ4v) is 4.52. The molecule has 4 aromatic rings. The van der Waals surface area contributed by atoms with Crippen LogP contribution in [0.5, 0.6) is 5.88 Å². The first-order valence-corrected chi connectivity index (χ1v) is 11.4. The predicted molar refractivity (Wildman–Crippen MR) is 123 cm³/mol. The number of β-amino-alcohol motifs (C(OH)–C–C–N with tert-alkyl or cyclic N) is 1. The molecular formula is C22H23F5N8O2. The zero-order chi connectivity index (χ0) is 26.4. The van der Waals surface area contributed by atoms with Gasteiger partial charge in [-0.2, -0.15) is 18.2 Å². The van der Waals surface area contributed by atoms with Gasteiger partial charge in [0, 0.05) is 24.8 Å². The maximum atomic E-state index is 14.7. The molecule has 1 saturated heterocycles. The summed E-state index contributed by atoms with van der Waals surface area (Å²) in [5, 5.41) is 23.5. The van der Waals surface area contributed by atoms with Gasteiger partial charge in [-0.25, -0.2) is 18.0 Å². The van der Waals surface area contributed by atoms with Crippen molar-refractivity contribution in [3.63, 3.8) is 0 Å². The summed E-state index contributed by atoms with van der Waals surface area (Å²) in [5.41, 5.74) is 2.02. The number of piperidine rings is 1. The van der Waals surface area contributed by atoms with Gasteiger partial charge in [-0.3, -0.25) is 4.90 Å². The number of nitrogens with zero attached hydrogens (tertiary/aromatic N) is 7. The van der Waals surface area contributed by atoms with Crippen molar-refractivity contribution >= 4 is 22.5 Å². The normalized spacial score (nSPS) is 18.5. The molecule has 1 aliphatic heterocycles. The second-order valence-electron chi connectivity index (χ2n) is 8.78. The Morgan fingerprint density at radius 3 is 2.76 bits per heavy atom. The van der Waals surface area contributed by atoms with Crippen molar-refractivity contribution in [1.82, 2.24) is 34.5 Å². The number of aliphatic hydroxyl groups excluding tert-OH is 1. The smallest absolute Gasteiger partial charge is 0.408 e. The summed E-state index contributed by atoms with van der Waals surface area (Å²) in [7, 11) is 1.37. The van der Waals surface area contributed by atoms with Crippen LogP contribution in [0.1, 0.15) is 6.42 Å². The van der Waals surface area contributed by atoms with E-state index in [9.17, 15) is 22.0 Å². The number of anilines is 1. The molecule has 0 spiro atoms. The lowest BCUT2D eigenvalue weighted by Gasteiger charge is -2.38. The molecule has 0 amide bonds. The molecule has 2 N–H and O–H groups in total. The maximum Gasteiger partial charge on any atom is 0.408 e. The Kier molecular flexibility index (Phi) is 6.35. The van der Waals surface area contributed by atoms with Gasteiger partial charge in [-0.1, -0.05) is 11.3 Å². The van der Waals surface area contributed by atoms with Crippen LogP contribution in [0.15, 0.2) is 30.5 Å². The van der Waals surface area contributed by atoms with E-state index < -0.39 is 31.2 Å². The molecule has 198 valence electrons. The minimum atomic E-state index is -4.47. The molecule has 15 heteroatoms. The number of fused-ring (bicyclic) bond motifs is 2. The molecule has 10 nitrogen and oxygen atoms in total. The summed E-state index contributed by atoms with van der Waals surface area (Å²) >= 11 is 0. The number of benzene rings is 1. The van der Waals surface area contributed by atoms with Crippen LogP contribution in [0.2, 0.25) is 0 Å². The second-order valence-corrected chi connectivity index (χ2v) is 8.78. The largest absolute Gasteiger partial charge is 0.479 e. The summed E-state index contributed by atoms with van der Waals surface area (Å²) in [4.78, 5) is 5.77. The molecule has 1 aliphatic rings. The van der Waals surface area contributed by atoms with Gasteiger partial charge in [0.1, 0.15) is 17.6 Å². The lowest BCUT2D eigenvalue weighted by molar-refractivity contribution is -0.142. The zero-order valence-electron chi connectivity index (χ0n) is 19.6. The molecule has 0 aliphatic carbocycles. The highest BCUT2D eigenvalue weighted by Crippen LogP contribution is 2.34. The number of likely N-dealkylation sites (tertiary alicyclic amines) is 1. The van der Waals surface area contributed by atoms with E-state index in [2.05, 4.69) is 25.7 Å². The van der Waals surface area contributed by atoms with Gasteiger partial charge in [0.05, 0.1) is 31.8 Å². The molecule has 5 rings (SSSR count). The van der Waals surface area contributed by atoms with Crippen LogP contribution in [0.3, 0.4) is 0 Å². The molecule has 0 bridgehead atoms. The summed E-state index contributed by atoms with van der Waals surface area (Å²) in [6.07, 6.45) is -2.77. The average molecular weight is 526 g/mol. The van der Waals surface area contributed by atoms with Gasteiger partial charge >= 0.3 is 6.18 Å². The van der Waals surface area contributed by atoms with Crippen LogP contribution in [0.25, 0.3) is 27.7 Å². The van der Waals surface area contributed by atoms with Crippen molar-refractivity contribution < 1.29 is 31.8 Å². The molecule has 3 aromatic heterocycles. The topological polar surface area (TPSA) is 106 Å². The van der Waals surface area contributed by atoms with Crippen molar-refractivity contribution in [2.45, 2.75) is 31.1 Å². The Labute approximate surface area is 206 Å². The van der Waals surface area contributed by atoms with Gasteiger partial charge in [0.2, 0.25) is 11.8 Å². The Morgan fingerprint density at radius 2 is 2.05 bits per heavy atom. The minimum Gasteiger partial charge on any atom is -0.479 e. The monoisotopic (exact) mass is 526 g/mol. The third-order valence-corrected chi connectivity index (χ3v) is 6.22. The number of nitrogens with one attached hydrogen (secondary N) is 1. The molecule has 1 fully saturated rings.